The standard InChI is InChI=1S/C15H11N3O4/c16-6-9-2-1-3-10(4-9)11-5-12(19)14(17-7-11)15(22)18-8-13(20)21/h1-5,7,19H,8H2,(H,18,22)(H,20,21)/i1D,2D,3D,4D,8D/hD3. The summed E-state index contributed by atoms with van der Waals surface area (Å²) in [6, 6.07) is 0.284. The highest BCUT2D eigenvalue weighted by atomic mass is 16.4. The first-order valence-corrected chi connectivity index (χ1v) is 5.66. The van der Waals surface area contributed by atoms with Crippen LogP contribution in [0.5, 0.6) is 5.75 Å². The van der Waals surface area contributed by atoms with E-state index in [0.717, 1.165) is 12.3 Å². The SMILES string of the molecule is [2H]OC(=O)C([2H])N([2H])C(=O)c1ncc(-c2c([2H])c([2H])c([2H])c(C#N)c2[2H])cc1O[2H]. The molecule has 1 aromatic carbocycles. The van der Waals surface area contributed by atoms with Crippen molar-refractivity contribution in [1.29, 1.82) is 8.12 Å². The molecule has 0 fully saturated rings. The molecule has 1 amide bonds. The Balaban J connectivity index is 2.60. The predicted molar refractivity (Wildman–Crippen MR) is 76.0 cm³/mol. The van der Waals surface area contributed by atoms with E-state index in [2.05, 4.69) is 15.2 Å². The lowest BCUT2D eigenvalue weighted by atomic mass is 10.0. The zero-order valence-corrected chi connectivity index (χ0v) is 10.7. The lowest BCUT2D eigenvalue weighted by Gasteiger charge is -2.07. The summed E-state index contributed by atoms with van der Waals surface area (Å²) in [4.78, 5) is 27.2. The minimum Gasteiger partial charge on any atom is -0.505 e. The molecule has 1 atom stereocenters. The van der Waals surface area contributed by atoms with Gasteiger partial charge in [-0.1, -0.05) is 12.1 Å². The summed E-state index contributed by atoms with van der Waals surface area (Å²) >= 11 is 0. The van der Waals surface area contributed by atoms with Crippen molar-refractivity contribution in [3.05, 3.63) is 47.7 Å². The quantitative estimate of drug-likeness (QED) is 0.761. The second-order valence-electron chi connectivity index (χ2n) is 3.81. The summed E-state index contributed by atoms with van der Waals surface area (Å²) in [6.45, 7) is -2.21. The Morgan fingerprint density at radius 1 is 1.55 bits per heavy atom. The van der Waals surface area contributed by atoms with Crippen LogP contribution < -0.4 is 5.31 Å². The summed E-state index contributed by atoms with van der Waals surface area (Å²) in [6.07, 6.45) is 0.945. The average molecular weight is 305 g/mol. The van der Waals surface area contributed by atoms with Crippen LogP contribution >= 0.6 is 0 Å². The highest BCUT2D eigenvalue weighted by molar-refractivity contribution is 5.96. The number of pyridine rings is 1. The van der Waals surface area contributed by atoms with Gasteiger partial charge in [0.15, 0.2) is 7.11 Å². The van der Waals surface area contributed by atoms with Crippen molar-refractivity contribution in [1.82, 2.24) is 10.3 Å². The van der Waals surface area contributed by atoms with Crippen molar-refractivity contribution in [3.63, 3.8) is 0 Å². The number of benzene rings is 1. The highest BCUT2D eigenvalue weighted by Gasteiger charge is 2.15. The van der Waals surface area contributed by atoms with Gasteiger partial charge in [-0.15, -0.1) is 0 Å². The number of carbonyl (C=O) groups is 2. The average Bonchev–Trinajstić information content (AvgIpc) is 2.75. The van der Waals surface area contributed by atoms with E-state index in [0.29, 0.717) is 0 Å². The van der Waals surface area contributed by atoms with Gasteiger partial charge in [-0.3, -0.25) is 9.59 Å². The number of hydrogen-bond donors (Lipinski definition) is 3. The minimum absolute atomic E-state index is 0.0849. The molecule has 1 heterocycles. The first-order chi connectivity index (χ1) is 14.1. The summed E-state index contributed by atoms with van der Waals surface area (Å²) in [5, 5.41) is 16.8. The smallest absolute Gasteiger partial charge is 0.322 e. The molecule has 0 aliphatic rings. The molecule has 0 aliphatic heterocycles. The van der Waals surface area contributed by atoms with E-state index >= 15 is 0 Å². The molecular formula is C15H11N3O4. The number of carboxylic acids is 1. The van der Waals surface area contributed by atoms with E-state index in [1.54, 1.807) is 6.07 Å². The molecule has 7 nitrogen and oxygen atoms in total. The molecule has 7 heteroatoms. The maximum Gasteiger partial charge on any atom is 0.322 e. The first kappa shape index (κ1) is 7.56. The van der Waals surface area contributed by atoms with E-state index in [1.807, 2.05) is 0 Å². The number of nitrogens with zero attached hydrogens (tertiary/aromatic N) is 2. The van der Waals surface area contributed by atoms with Gasteiger partial charge < -0.3 is 15.5 Å². The van der Waals surface area contributed by atoms with Crippen LogP contribution in [0, 0.1) is 11.3 Å². The van der Waals surface area contributed by atoms with Crippen LogP contribution in [0.3, 0.4) is 0 Å². The van der Waals surface area contributed by atoms with Gasteiger partial charge in [0.05, 0.1) is 18.5 Å². The van der Waals surface area contributed by atoms with Crippen LogP contribution in [0.4, 0.5) is 0 Å². The zero-order chi connectivity index (χ0) is 22.7. The third kappa shape index (κ3) is 3.37. The van der Waals surface area contributed by atoms with Gasteiger partial charge in [0.2, 0.25) is 0 Å². The molecule has 0 saturated carbocycles. The number of carbonyl (C=O) groups excluding carboxylic acids is 1. The molecule has 1 aromatic heterocycles. The highest BCUT2D eigenvalue weighted by Crippen LogP contribution is 2.25. The predicted octanol–water partition coefficient (Wildman–Crippen LogP) is 1.14. The van der Waals surface area contributed by atoms with Gasteiger partial charge in [-0.25, -0.2) is 4.98 Å². The second kappa shape index (κ2) is 6.37. The molecule has 0 radical (unpaired) electrons. The van der Waals surface area contributed by atoms with Crippen LogP contribution in [0.25, 0.3) is 12.6 Å². The van der Waals surface area contributed by atoms with Crippen molar-refractivity contribution in [2.45, 2.75) is 0 Å². The summed E-state index contributed by atoms with van der Waals surface area (Å²) < 4.78 is 60.0. The molecule has 1 unspecified atom stereocenters. The Labute approximate surface area is 136 Å². The third-order valence-electron chi connectivity index (χ3n) is 2.37. The molecule has 2 rings (SSSR count). The Morgan fingerprint density at radius 3 is 3.14 bits per heavy atom. The third-order valence-corrected chi connectivity index (χ3v) is 2.37. The van der Waals surface area contributed by atoms with Crippen molar-refractivity contribution in [2.75, 3.05) is 6.52 Å². The molecule has 22 heavy (non-hydrogen) atoms. The lowest BCUT2D eigenvalue weighted by Crippen LogP contribution is -2.29. The maximum atomic E-state index is 12.3. The van der Waals surface area contributed by atoms with Crippen LogP contribution in [-0.4, -0.2) is 35.0 Å². The van der Waals surface area contributed by atoms with E-state index < -0.39 is 59.6 Å². The molecule has 3 N–H and O–H groups in total. The van der Waals surface area contributed by atoms with Gasteiger partial charge in [0.25, 0.3) is 8.77 Å². The Bertz CT molecular complexity index is 1080. The minimum atomic E-state index is -2.21. The number of carboxylic acid groups (broad SMARTS) is 1. The Morgan fingerprint density at radius 2 is 2.41 bits per heavy atom. The fourth-order valence-corrected chi connectivity index (χ4v) is 1.46. The van der Waals surface area contributed by atoms with Crippen molar-refractivity contribution < 1.29 is 28.1 Å². The number of aromatic nitrogens is 1. The Kier molecular flexibility index (Phi) is 2.19. The van der Waals surface area contributed by atoms with Gasteiger partial charge in [0.1, 0.15) is 12.3 Å². The fraction of sp³-hybridized carbons (Fsp3) is 0.0667. The molecule has 0 saturated heterocycles. The number of amides is 1. The summed E-state index contributed by atoms with van der Waals surface area (Å²) in [5.74, 6) is -3.42. The maximum absolute atomic E-state index is 12.3. The molecule has 0 bridgehead atoms. The lowest BCUT2D eigenvalue weighted by molar-refractivity contribution is -0.135. The number of aliphatic carboxylic acids is 1. The number of rotatable bonds is 5. The summed E-state index contributed by atoms with van der Waals surface area (Å²) in [7, 11) is 0. The number of aromatic hydroxyl groups is 1. The van der Waals surface area contributed by atoms with Gasteiger partial charge in [-0.2, -0.15) is 5.26 Å². The van der Waals surface area contributed by atoms with Crippen molar-refractivity contribution in [3.8, 4) is 22.9 Å². The Hall–Kier alpha value is -3.40. The first-order valence-electron chi connectivity index (χ1n) is 9.50. The van der Waals surface area contributed by atoms with Crippen LogP contribution in [0.1, 0.15) is 22.9 Å². The summed E-state index contributed by atoms with van der Waals surface area (Å²) in [5.41, 5.74) is -1.47. The van der Waals surface area contributed by atoms with Crippen LogP contribution in [-0.2, 0) is 4.79 Å². The van der Waals surface area contributed by atoms with Gasteiger partial charge in [0, 0.05) is 11.8 Å². The normalized spacial score (nSPS) is 16.0. The number of nitriles is 1. The fourth-order valence-electron chi connectivity index (χ4n) is 1.46. The topological polar surface area (TPSA) is 123 Å². The second-order valence-corrected chi connectivity index (χ2v) is 3.81. The van der Waals surface area contributed by atoms with Crippen LogP contribution in [0.2, 0.25) is 1.41 Å². The van der Waals surface area contributed by atoms with E-state index in [9.17, 15) is 9.59 Å². The van der Waals surface area contributed by atoms with Crippen molar-refractivity contribution >= 4 is 11.9 Å². The van der Waals surface area contributed by atoms with E-state index in [4.69, 9.17) is 16.4 Å². The molecular weight excluding hydrogens is 286 g/mol. The van der Waals surface area contributed by atoms with Crippen molar-refractivity contribution in [2.24, 2.45) is 0 Å². The molecule has 0 aliphatic carbocycles. The zero-order valence-electron chi connectivity index (χ0n) is 18.7. The molecule has 110 valence electrons. The number of hydrogen-bond acceptors (Lipinski definition) is 6. The largest absolute Gasteiger partial charge is 0.505 e. The molecule has 2 aromatic rings. The van der Waals surface area contributed by atoms with E-state index in [1.165, 1.54) is 0 Å². The van der Waals surface area contributed by atoms with Gasteiger partial charge >= 0.3 is 5.97 Å². The van der Waals surface area contributed by atoms with Gasteiger partial charge in [-0.05, 0) is 23.7 Å². The number of nitrogens with one attached hydrogen (secondary N) is 1. The van der Waals surface area contributed by atoms with Crippen LogP contribution in [0.15, 0.2) is 36.4 Å². The molecule has 0 spiro atoms. The monoisotopic (exact) mass is 305 g/mol. The van der Waals surface area contributed by atoms with E-state index in [-0.39, 0.29) is 16.4 Å².